The van der Waals surface area contributed by atoms with Gasteiger partial charge in [-0.2, -0.15) is 4.98 Å². The second-order valence-corrected chi connectivity index (χ2v) is 6.09. The number of hydrogen-bond acceptors (Lipinski definition) is 6. The highest BCUT2D eigenvalue weighted by Crippen LogP contribution is 2.26. The predicted molar refractivity (Wildman–Crippen MR) is 91.5 cm³/mol. The zero-order chi connectivity index (χ0) is 19.1. The van der Waals surface area contributed by atoms with Gasteiger partial charge in [0.2, 0.25) is 5.88 Å². The number of methoxy groups -OCH3 is 1. The first-order valence-corrected chi connectivity index (χ1v) is 8.48. The van der Waals surface area contributed by atoms with Gasteiger partial charge in [-0.1, -0.05) is 0 Å². The third-order valence-electron chi connectivity index (χ3n) is 4.37. The highest BCUT2D eigenvalue weighted by molar-refractivity contribution is 5.98. The first-order valence-electron chi connectivity index (χ1n) is 8.48. The molecule has 2 rings (SSSR count). The van der Waals surface area contributed by atoms with Crippen molar-refractivity contribution < 1.29 is 27.9 Å². The van der Waals surface area contributed by atoms with Crippen LogP contribution in [0.1, 0.15) is 36.0 Å². The quantitative estimate of drug-likeness (QED) is 0.707. The van der Waals surface area contributed by atoms with E-state index in [1.54, 1.807) is 7.11 Å². The number of carbonyl (C=O) groups is 1. The number of nitrogens with zero attached hydrogens (tertiary/aromatic N) is 2. The van der Waals surface area contributed by atoms with Crippen molar-refractivity contribution in [2.24, 2.45) is 0 Å². The molecule has 1 saturated carbocycles. The van der Waals surface area contributed by atoms with Crippen LogP contribution in [0.5, 0.6) is 5.88 Å². The summed E-state index contributed by atoms with van der Waals surface area (Å²) in [4.78, 5) is 21.6. The van der Waals surface area contributed by atoms with Crippen molar-refractivity contribution in [3.05, 3.63) is 17.7 Å². The normalized spacial score (nSPS) is 20.1. The van der Waals surface area contributed by atoms with Crippen molar-refractivity contribution in [3.8, 4) is 5.88 Å². The third kappa shape index (κ3) is 5.50. The summed E-state index contributed by atoms with van der Waals surface area (Å²) in [5.74, 6) is -0.0602. The van der Waals surface area contributed by atoms with Crippen LogP contribution in [-0.2, 0) is 9.57 Å². The number of amides is 1. The van der Waals surface area contributed by atoms with E-state index in [1.807, 2.05) is 0 Å². The summed E-state index contributed by atoms with van der Waals surface area (Å²) < 4.78 is 35.1. The van der Waals surface area contributed by atoms with Crippen LogP contribution in [0.3, 0.4) is 0 Å². The maximum atomic E-state index is 12.5. The molecule has 1 aromatic heterocycles. The molecule has 7 nitrogen and oxygen atoms in total. The van der Waals surface area contributed by atoms with Gasteiger partial charge in [0.05, 0.1) is 18.8 Å². The summed E-state index contributed by atoms with van der Waals surface area (Å²) in [5.41, 5.74) is 0.285. The minimum Gasteiger partial charge on any atom is -0.472 e. The van der Waals surface area contributed by atoms with Crippen molar-refractivity contribution in [1.29, 1.82) is 0 Å². The van der Waals surface area contributed by atoms with Crippen LogP contribution in [0.2, 0.25) is 0 Å². The minimum absolute atomic E-state index is 0.0370. The SMILES string of the molecule is CON(C)C(=O)c1ccc(OCC(F)F)nc1N[C@H]1CC[C@H](OC)CC1. The Morgan fingerprint density at radius 3 is 2.58 bits per heavy atom. The Kier molecular flexibility index (Phi) is 7.52. The highest BCUT2D eigenvalue weighted by Gasteiger charge is 2.24. The molecule has 1 amide bonds. The molecular weight excluding hydrogens is 348 g/mol. The Balaban J connectivity index is 2.18. The summed E-state index contributed by atoms with van der Waals surface area (Å²) in [6.45, 7) is -0.753. The standard InChI is InChI=1S/C17H25F2N3O4/c1-22(25-3)17(23)13-8-9-15(26-10-14(18)19)21-16(13)20-11-4-6-12(24-2)7-5-11/h8-9,11-12,14H,4-7,10H2,1-3H3,(H,20,21)/t11-,12-. The second-order valence-electron chi connectivity index (χ2n) is 6.09. The van der Waals surface area contributed by atoms with E-state index >= 15 is 0 Å². The van der Waals surface area contributed by atoms with Gasteiger partial charge in [-0.25, -0.2) is 13.8 Å². The molecule has 1 fully saturated rings. The predicted octanol–water partition coefficient (Wildman–Crippen LogP) is 2.73. The maximum absolute atomic E-state index is 12.5. The van der Waals surface area contributed by atoms with E-state index in [2.05, 4.69) is 10.3 Å². The molecule has 0 aromatic carbocycles. The first kappa shape index (κ1) is 20.3. The molecule has 9 heteroatoms. The molecule has 1 aliphatic rings. The average molecular weight is 373 g/mol. The lowest BCUT2D eigenvalue weighted by molar-refractivity contribution is -0.0756. The van der Waals surface area contributed by atoms with E-state index in [0.717, 1.165) is 30.7 Å². The summed E-state index contributed by atoms with van der Waals surface area (Å²) in [6.07, 6.45) is 1.15. The van der Waals surface area contributed by atoms with Gasteiger partial charge < -0.3 is 14.8 Å². The number of hydroxylamine groups is 2. The van der Waals surface area contributed by atoms with Crippen LogP contribution in [0.15, 0.2) is 12.1 Å². The molecule has 1 heterocycles. The molecule has 0 unspecified atom stereocenters. The fraction of sp³-hybridized carbons (Fsp3) is 0.647. The Labute approximate surface area is 151 Å². The van der Waals surface area contributed by atoms with Crippen LogP contribution >= 0.6 is 0 Å². The number of ether oxygens (including phenoxy) is 2. The van der Waals surface area contributed by atoms with E-state index in [9.17, 15) is 13.6 Å². The number of nitrogens with one attached hydrogen (secondary N) is 1. The van der Waals surface area contributed by atoms with Crippen LogP contribution in [0.4, 0.5) is 14.6 Å². The van der Waals surface area contributed by atoms with Gasteiger partial charge in [-0.3, -0.25) is 9.63 Å². The van der Waals surface area contributed by atoms with Crippen LogP contribution in [0.25, 0.3) is 0 Å². The molecular formula is C17H25F2N3O4. The largest absolute Gasteiger partial charge is 0.472 e. The summed E-state index contributed by atoms with van der Waals surface area (Å²) >= 11 is 0. The molecule has 1 N–H and O–H groups in total. The van der Waals surface area contributed by atoms with Crippen LogP contribution in [0, 0.1) is 0 Å². The zero-order valence-corrected chi connectivity index (χ0v) is 15.2. The Bertz CT molecular complexity index is 595. The molecule has 0 radical (unpaired) electrons. The monoisotopic (exact) mass is 373 g/mol. The Morgan fingerprint density at radius 1 is 1.31 bits per heavy atom. The van der Waals surface area contributed by atoms with Gasteiger partial charge in [-0.05, 0) is 31.7 Å². The fourth-order valence-electron chi connectivity index (χ4n) is 2.84. The van der Waals surface area contributed by atoms with Gasteiger partial charge in [0.25, 0.3) is 12.3 Å². The number of halogens is 2. The van der Waals surface area contributed by atoms with E-state index in [4.69, 9.17) is 14.3 Å². The second kappa shape index (κ2) is 9.63. The molecule has 0 saturated heterocycles. The third-order valence-corrected chi connectivity index (χ3v) is 4.37. The molecule has 0 spiro atoms. The topological polar surface area (TPSA) is 72.9 Å². The summed E-state index contributed by atoms with van der Waals surface area (Å²) in [6, 6.07) is 3.00. The lowest BCUT2D eigenvalue weighted by atomic mass is 9.93. The number of alkyl halides is 2. The Morgan fingerprint density at radius 2 is 2.00 bits per heavy atom. The molecule has 26 heavy (non-hydrogen) atoms. The molecule has 0 aliphatic heterocycles. The molecule has 0 bridgehead atoms. The molecule has 1 aromatic rings. The first-order chi connectivity index (χ1) is 12.4. The van der Waals surface area contributed by atoms with Gasteiger partial charge >= 0.3 is 0 Å². The van der Waals surface area contributed by atoms with E-state index in [1.165, 1.54) is 26.3 Å². The number of anilines is 1. The van der Waals surface area contributed by atoms with Crippen molar-refractivity contribution >= 4 is 11.7 Å². The smallest absolute Gasteiger partial charge is 0.280 e. The van der Waals surface area contributed by atoms with Gasteiger partial charge in [0.15, 0.2) is 6.61 Å². The van der Waals surface area contributed by atoms with E-state index < -0.39 is 18.9 Å². The number of rotatable bonds is 8. The number of pyridine rings is 1. The van der Waals surface area contributed by atoms with E-state index in [0.29, 0.717) is 5.82 Å². The van der Waals surface area contributed by atoms with Crippen molar-refractivity contribution in [1.82, 2.24) is 10.0 Å². The minimum atomic E-state index is -2.60. The lowest BCUT2D eigenvalue weighted by Gasteiger charge is -2.29. The molecule has 0 atom stereocenters. The maximum Gasteiger partial charge on any atom is 0.280 e. The van der Waals surface area contributed by atoms with Crippen LogP contribution in [-0.4, -0.2) is 62.4 Å². The molecule has 1 aliphatic carbocycles. The van der Waals surface area contributed by atoms with Crippen molar-refractivity contribution in [2.75, 3.05) is 33.2 Å². The lowest BCUT2D eigenvalue weighted by Crippen LogP contribution is -2.32. The van der Waals surface area contributed by atoms with Gasteiger partial charge in [-0.15, -0.1) is 0 Å². The summed E-state index contributed by atoms with van der Waals surface area (Å²) in [5, 5.41) is 4.32. The number of carbonyl (C=O) groups excluding carboxylic acids is 1. The molecule has 146 valence electrons. The number of hydrogen-bond donors (Lipinski definition) is 1. The highest BCUT2D eigenvalue weighted by atomic mass is 19.3. The average Bonchev–Trinajstić information content (AvgIpc) is 2.66. The van der Waals surface area contributed by atoms with Crippen molar-refractivity contribution in [2.45, 2.75) is 44.3 Å². The van der Waals surface area contributed by atoms with Gasteiger partial charge in [0.1, 0.15) is 5.82 Å². The van der Waals surface area contributed by atoms with Crippen LogP contribution < -0.4 is 10.1 Å². The summed E-state index contributed by atoms with van der Waals surface area (Å²) in [7, 11) is 4.56. The number of aromatic nitrogens is 1. The fourth-order valence-corrected chi connectivity index (χ4v) is 2.84. The zero-order valence-electron chi connectivity index (χ0n) is 15.2. The van der Waals surface area contributed by atoms with Gasteiger partial charge in [0, 0.05) is 26.3 Å². The Hall–Kier alpha value is -2.00. The van der Waals surface area contributed by atoms with Crippen molar-refractivity contribution in [3.63, 3.8) is 0 Å². The van der Waals surface area contributed by atoms with E-state index in [-0.39, 0.29) is 23.6 Å².